The van der Waals surface area contributed by atoms with E-state index in [1.54, 1.807) is 47.0 Å². The molecule has 1 unspecified atom stereocenters. The number of aryl methyl sites for hydroxylation is 1. The van der Waals surface area contributed by atoms with E-state index < -0.39 is 17.9 Å². The van der Waals surface area contributed by atoms with Crippen LogP contribution in [0.1, 0.15) is 33.3 Å². The van der Waals surface area contributed by atoms with E-state index in [1.807, 2.05) is 35.9 Å². The Morgan fingerprint density at radius 1 is 1.12 bits per heavy atom. The van der Waals surface area contributed by atoms with Crippen LogP contribution in [-0.2, 0) is 16.0 Å². The Kier molecular flexibility index (Phi) is 7.66. The summed E-state index contributed by atoms with van der Waals surface area (Å²) in [4.78, 5) is 41.0. The molecule has 0 bridgehead atoms. The third kappa shape index (κ3) is 5.49. The fourth-order valence-corrected chi connectivity index (χ4v) is 4.90. The minimum Gasteiger partial charge on any atom is -0.387 e. The highest BCUT2D eigenvalue weighted by Crippen LogP contribution is 2.31. The number of thioether (sulfide) groups is 1. The molecule has 1 aliphatic heterocycles. The van der Waals surface area contributed by atoms with E-state index >= 15 is 0 Å². The molecular weight excluding hydrogens is 470 g/mol. The second-order valence-corrected chi connectivity index (χ2v) is 9.66. The summed E-state index contributed by atoms with van der Waals surface area (Å²) in [7, 11) is 0. The Morgan fingerprint density at radius 2 is 1.91 bits per heavy atom. The van der Waals surface area contributed by atoms with E-state index in [0.717, 1.165) is 29.0 Å². The number of aliphatic hydroxyl groups excluding tert-OH is 1. The van der Waals surface area contributed by atoms with Crippen molar-refractivity contribution in [1.29, 1.82) is 0 Å². The van der Waals surface area contributed by atoms with Crippen LogP contribution in [0, 0.1) is 0 Å². The topological polar surface area (TPSA) is 98.7 Å². The standard InChI is InChI=1S/C25H25N3O4S2/c1-33-19-9-6-16(7-10-19)21(29)15-26-23(30)24(31)27-18-8-11-20-17(14-18)4-2-12-28(20)25(32)22-5-3-13-34-22/h3,5-11,13-14,21,29H,2,4,12,15H2,1H3,(H,26,30)(H,27,31). The Labute approximate surface area is 206 Å². The number of nitrogens with one attached hydrogen (secondary N) is 2. The molecule has 0 fully saturated rings. The maximum atomic E-state index is 12.8. The van der Waals surface area contributed by atoms with E-state index in [-0.39, 0.29) is 12.5 Å². The number of hydrogen-bond acceptors (Lipinski definition) is 6. The molecule has 2 heterocycles. The third-order valence-electron chi connectivity index (χ3n) is 5.60. The first-order valence-electron chi connectivity index (χ1n) is 10.9. The van der Waals surface area contributed by atoms with Gasteiger partial charge in [-0.3, -0.25) is 14.4 Å². The van der Waals surface area contributed by atoms with Crippen molar-refractivity contribution in [2.45, 2.75) is 23.8 Å². The zero-order valence-corrected chi connectivity index (χ0v) is 20.2. The lowest BCUT2D eigenvalue weighted by Crippen LogP contribution is -2.38. The molecule has 4 rings (SSSR count). The van der Waals surface area contributed by atoms with Crippen molar-refractivity contribution < 1.29 is 19.5 Å². The van der Waals surface area contributed by atoms with E-state index in [2.05, 4.69) is 10.6 Å². The van der Waals surface area contributed by atoms with Gasteiger partial charge in [0.05, 0.1) is 11.0 Å². The molecule has 3 aromatic rings. The van der Waals surface area contributed by atoms with Gasteiger partial charge in [0.25, 0.3) is 5.91 Å². The van der Waals surface area contributed by atoms with E-state index in [4.69, 9.17) is 0 Å². The molecule has 9 heteroatoms. The Balaban J connectivity index is 1.35. The van der Waals surface area contributed by atoms with Crippen LogP contribution in [0.3, 0.4) is 0 Å². The SMILES string of the molecule is CSc1ccc(C(O)CNC(=O)C(=O)Nc2ccc3c(c2)CCCN3C(=O)c2cccs2)cc1. The van der Waals surface area contributed by atoms with Crippen LogP contribution < -0.4 is 15.5 Å². The molecule has 1 aromatic heterocycles. The molecule has 0 saturated carbocycles. The van der Waals surface area contributed by atoms with Crippen LogP contribution in [0.15, 0.2) is 64.9 Å². The van der Waals surface area contributed by atoms with Crippen LogP contribution in [0.25, 0.3) is 0 Å². The molecule has 0 radical (unpaired) electrons. The zero-order valence-electron chi connectivity index (χ0n) is 18.6. The first-order chi connectivity index (χ1) is 16.5. The predicted octanol–water partition coefficient (Wildman–Crippen LogP) is 3.85. The maximum absolute atomic E-state index is 12.8. The molecule has 3 amide bonds. The van der Waals surface area contributed by atoms with Crippen molar-refractivity contribution in [3.05, 3.63) is 76.0 Å². The first kappa shape index (κ1) is 24.0. The van der Waals surface area contributed by atoms with Crippen molar-refractivity contribution in [3.8, 4) is 0 Å². The molecule has 34 heavy (non-hydrogen) atoms. The van der Waals surface area contributed by atoms with Crippen LogP contribution in [0.5, 0.6) is 0 Å². The van der Waals surface area contributed by atoms with Crippen LogP contribution in [-0.4, -0.2) is 42.2 Å². The average Bonchev–Trinajstić information content (AvgIpc) is 3.41. The number of aliphatic hydroxyl groups is 1. The van der Waals surface area contributed by atoms with Crippen molar-refractivity contribution in [2.75, 3.05) is 29.6 Å². The highest BCUT2D eigenvalue weighted by Gasteiger charge is 2.25. The van der Waals surface area contributed by atoms with E-state index in [9.17, 15) is 19.5 Å². The van der Waals surface area contributed by atoms with Gasteiger partial charge in [-0.25, -0.2) is 0 Å². The molecule has 0 aliphatic carbocycles. The molecule has 3 N–H and O–H groups in total. The number of fused-ring (bicyclic) bond motifs is 1. The molecule has 0 saturated heterocycles. The van der Waals surface area contributed by atoms with Gasteiger partial charge in [-0.05, 0) is 72.0 Å². The lowest BCUT2D eigenvalue weighted by molar-refractivity contribution is -0.136. The van der Waals surface area contributed by atoms with E-state index in [0.29, 0.717) is 22.7 Å². The predicted molar refractivity (Wildman–Crippen MR) is 136 cm³/mol. The largest absolute Gasteiger partial charge is 0.387 e. The normalized spacial score (nSPS) is 13.6. The van der Waals surface area contributed by atoms with Crippen LogP contribution in [0.4, 0.5) is 11.4 Å². The monoisotopic (exact) mass is 495 g/mol. The minimum absolute atomic E-state index is 0.0336. The number of anilines is 2. The Morgan fingerprint density at radius 3 is 2.62 bits per heavy atom. The number of benzene rings is 2. The quantitative estimate of drug-likeness (QED) is 0.356. The second kappa shape index (κ2) is 10.9. The number of hydrogen-bond donors (Lipinski definition) is 3. The third-order valence-corrected chi connectivity index (χ3v) is 7.20. The summed E-state index contributed by atoms with van der Waals surface area (Å²) in [5.74, 6) is -1.67. The van der Waals surface area contributed by atoms with E-state index in [1.165, 1.54) is 11.3 Å². The van der Waals surface area contributed by atoms with Gasteiger partial charge >= 0.3 is 11.8 Å². The van der Waals surface area contributed by atoms with Crippen molar-refractivity contribution >= 4 is 52.2 Å². The minimum atomic E-state index is -0.914. The molecule has 1 aliphatic rings. The fourth-order valence-electron chi connectivity index (χ4n) is 3.82. The highest BCUT2D eigenvalue weighted by atomic mass is 32.2. The van der Waals surface area contributed by atoms with Gasteiger partial charge in [-0.2, -0.15) is 0 Å². The van der Waals surface area contributed by atoms with Gasteiger partial charge in [0.1, 0.15) is 0 Å². The van der Waals surface area contributed by atoms with Crippen molar-refractivity contribution in [2.24, 2.45) is 0 Å². The molecular formula is C25H25N3O4S2. The molecule has 176 valence electrons. The second-order valence-electron chi connectivity index (χ2n) is 7.83. The maximum Gasteiger partial charge on any atom is 0.313 e. The Bertz CT molecular complexity index is 1180. The molecule has 7 nitrogen and oxygen atoms in total. The van der Waals surface area contributed by atoms with Gasteiger partial charge < -0.3 is 20.6 Å². The number of amides is 3. The number of thiophene rings is 1. The first-order valence-corrected chi connectivity index (χ1v) is 13.0. The van der Waals surface area contributed by atoms with Crippen LogP contribution >= 0.6 is 23.1 Å². The molecule has 1 atom stereocenters. The highest BCUT2D eigenvalue weighted by molar-refractivity contribution is 7.98. The smallest absolute Gasteiger partial charge is 0.313 e. The molecule has 2 aromatic carbocycles. The summed E-state index contributed by atoms with van der Waals surface area (Å²) >= 11 is 3.01. The zero-order chi connectivity index (χ0) is 24.1. The van der Waals surface area contributed by atoms with Gasteiger partial charge in [0, 0.05) is 29.4 Å². The van der Waals surface area contributed by atoms with Gasteiger partial charge in [0.2, 0.25) is 0 Å². The summed E-state index contributed by atoms with van der Waals surface area (Å²) in [6.07, 6.45) is 2.65. The number of carbonyl (C=O) groups is 3. The number of nitrogens with zero attached hydrogens (tertiary/aromatic N) is 1. The lowest BCUT2D eigenvalue weighted by Gasteiger charge is -2.29. The lowest BCUT2D eigenvalue weighted by atomic mass is 10.0. The van der Waals surface area contributed by atoms with Gasteiger partial charge in [-0.15, -0.1) is 23.1 Å². The van der Waals surface area contributed by atoms with Gasteiger partial charge in [0.15, 0.2) is 0 Å². The Hall–Kier alpha value is -3.14. The van der Waals surface area contributed by atoms with Crippen molar-refractivity contribution in [1.82, 2.24) is 5.32 Å². The summed E-state index contributed by atoms with van der Waals surface area (Å²) < 4.78 is 0. The fraction of sp³-hybridized carbons (Fsp3) is 0.240. The summed E-state index contributed by atoms with van der Waals surface area (Å²) in [6, 6.07) is 16.3. The summed E-state index contributed by atoms with van der Waals surface area (Å²) in [6.45, 7) is 0.565. The average molecular weight is 496 g/mol. The number of rotatable bonds is 6. The number of carbonyl (C=O) groups excluding carboxylic acids is 3. The molecule has 0 spiro atoms. The van der Waals surface area contributed by atoms with Crippen LogP contribution in [0.2, 0.25) is 0 Å². The van der Waals surface area contributed by atoms with Gasteiger partial charge in [-0.1, -0.05) is 18.2 Å². The van der Waals surface area contributed by atoms with Crippen molar-refractivity contribution in [3.63, 3.8) is 0 Å². The summed E-state index contributed by atoms with van der Waals surface area (Å²) in [5, 5.41) is 17.2. The summed E-state index contributed by atoms with van der Waals surface area (Å²) in [5.41, 5.74) is 2.91.